The average Bonchev–Trinajstić information content (AvgIpc) is 1.88. The Bertz CT molecular complexity index is 152. The van der Waals surface area contributed by atoms with Gasteiger partial charge in [0.05, 0.1) is 0 Å². The normalized spacial score (nSPS) is 8.50. The number of nitrogens with one attached hydrogen (secondary N) is 1. The molecule has 0 atom stereocenters. The number of hydrogen-bond donors (Lipinski definition) is 1. The van der Waals surface area contributed by atoms with E-state index >= 15 is 0 Å². The minimum Gasteiger partial charge on any atom is -0.358 e. The number of carbonyl (C=O) groups is 2. The predicted molar refractivity (Wildman–Crippen MR) is 38.5 cm³/mol. The van der Waals surface area contributed by atoms with E-state index in [1.165, 1.54) is 0 Å². The summed E-state index contributed by atoms with van der Waals surface area (Å²) >= 11 is 0. The zero-order valence-electron chi connectivity index (χ0n) is 6.02. The summed E-state index contributed by atoms with van der Waals surface area (Å²) in [6.07, 6.45) is 0.916. The van der Waals surface area contributed by atoms with Crippen molar-refractivity contribution in [3.05, 3.63) is 12.2 Å². The lowest BCUT2D eigenvalue weighted by Crippen LogP contribution is -2.16. The second-order valence-electron chi connectivity index (χ2n) is 2.03. The van der Waals surface area contributed by atoms with Crippen LogP contribution in [-0.2, 0) is 9.59 Å². The van der Waals surface area contributed by atoms with Crippen LogP contribution in [0.2, 0.25) is 0 Å². The number of hydrogen-bond acceptors (Lipinski definition) is 2. The molecule has 0 saturated carbocycles. The molecule has 0 aliphatic carbocycles. The molecular formula is C7H11NO2. The van der Waals surface area contributed by atoms with E-state index in [9.17, 15) is 9.59 Å². The molecule has 0 rings (SSSR count). The third-order valence-corrected chi connectivity index (χ3v) is 1.06. The fourth-order valence-electron chi connectivity index (χ4n) is 0.458. The predicted octanol–water partition coefficient (Wildman–Crippen LogP) is 0.268. The molecule has 0 aromatic heterocycles. The van der Waals surface area contributed by atoms with Crippen LogP contribution in [0.25, 0.3) is 0 Å². The number of ketones is 1. The molecule has 0 heterocycles. The van der Waals surface area contributed by atoms with E-state index in [0.717, 1.165) is 0 Å². The lowest BCUT2D eigenvalue weighted by Gasteiger charge is -1.96. The second-order valence-corrected chi connectivity index (χ2v) is 2.03. The first-order chi connectivity index (χ1) is 4.68. The molecule has 0 radical (unpaired) electrons. The number of Topliss-reactive ketones (excluding diaryl/α,β-unsaturated/α-hetero) is 1. The molecule has 0 spiro atoms. The fraction of sp³-hybridized carbons (Fsp3) is 0.429. The molecule has 0 aromatic carbocycles. The van der Waals surface area contributed by atoms with E-state index in [2.05, 4.69) is 11.9 Å². The van der Waals surface area contributed by atoms with E-state index in [4.69, 9.17) is 0 Å². The highest BCUT2D eigenvalue weighted by atomic mass is 16.1. The molecule has 1 amide bonds. The molecule has 3 heteroatoms. The van der Waals surface area contributed by atoms with Gasteiger partial charge in [0.15, 0.2) is 5.78 Å². The summed E-state index contributed by atoms with van der Waals surface area (Å²) in [5.41, 5.74) is 0.535. The highest BCUT2D eigenvalue weighted by Crippen LogP contribution is 1.92. The van der Waals surface area contributed by atoms with Crippen LogP contribution < -0.4 is 5.32 Å². The fourth-order valence-corrected chi connectivity index (χ4v) is 0.458. The van der Waals surface area contributed by atoms with Crippen molar-refractivity contribution in [3.8, 4) is 0 Å². The maximum absolute atomic E-state index is 10.8. The van der Waals surface area contributed by atoms with Gasteiger partial charge >= 0.3 is 0 Å². The lowest BCUT2D eigenvalue weighted by atomic mass is 10.2. The van der Waals surface area contributed by atoms with Gasteiger partial charge in [-0.1, -0.05) is 6.58 Å². The summed E-state index contributed by atoms with van der Waals surface area (Å²) in [7, 11) is 0. The van der Waals surface area contributed by atoms with Crippen LogP contribution in [0.1, 0.15) is 13.3 Å². The monoisotopic (exact) mass is 141 g/mol. The summed E-state index contributed by atoms with van der Waals surface area (Å²) in [4.78, 5) is 20.5. The van der Waals surface area contributed by atoms with E-state index in [0.29, 0.717) is 24.9 Å². The first-order valence-electron chi connectivity index (χ1n) is 3.04. The van der Waals surface area contributed by atoms with Crippen LogP contribution in [0.15, 0.2) is 12.2 Å². The largest absolute Gasteiger partial charge is 0.358 e. The Morgan fingerprint density at radius 3 is 2.70 bits per heavy atom. The Morgan fingerprint density at radius 2 is 2.30 bits per heavy atom. The Kier molecular flexibility index (Phi) is 4.20. The van der Waals surface area contributed by atoms with Crippen molar-refractivity contribution in [1.82, 2.24) is 5.32 Å². The van der Waals surface area contributed by atoms with Gasteiger partial charge in [-0.3, -0.25) is 9.59 Å². The van der Waals surface area contributed by atoms with E-state index in [-0.39, 0.29) is 5.78 Å². The number of rotatable bonds is 5. The topological polar surface area (TPSA) is 46.2 Å². The van der Waals surface area contributed by atoms with Crippen LogP contribution in [0.4, 0.5) is 0 Å². The summed E-state index contributed by atoms with van der Waals surface area (Å²) in [5.74, 6) is -0.00523. The zero-order valence-corrected chi connectivity index (χ0v) is 6.02. The van der Waals surface area contributed by atoms with Crippen LogP contribution in [0.5, 0.6) is 0 Å². The average molecular weight is 141 g/mol. The van der Waals surface area contributed by atoms with Crippen molar-refractivity contribution in [1.29, 1.82) is 0 Å². The van der Waals surface area contributed by atoms with Gasteiger partial charge in [0, 0.05) is 13.0 Å². The first-order valence-corrected chi connectivity index (χ1v) is 3.04. The SMILES string of the molecule is C=C(C)C(=O)CCNC=O. The lowest BCUT2D eigenvalue weighted by molar-refractivity contribution is -0.115. The van der Waals surface area contributed by atoms with E-state index < -0.39 is 0 Å². The van der Waals surface area contributed by atoms with Gasteiger partial charge in [0.2, 0.25) is 6.41 Å². The van der Waals surface area contributed by atoms with Gasteiger partial charge in [-0.2, -0.15) is 0 Å². The quantitative estimate of drug-likeness (QED) is 0.339. The van der Waals surface area contributed by atoms with Crippen molar-refractivity contribution in [2.75, 3.05) is 6.54 Å². The summed E-state index contributed by atoms with van der Waals surface area (Å²) in [6, 6.07) is 0. The number of allylic oxidation sites excluding steroid dienone is 1. The molecular weight excluding hydrogens is 130 g/mol. The molecule has 0 fully saturated rings. The Balaban J connectivity index is 3.40. The van der Waals surface area contributed by atoms with Crippen molar-refractivity contribution in [3.63, 3.8) is 0 Å². The molecule has 0 aromatic rings. The summed E-state index contributed by atoms with van der Waals surface area (Å²) in [6.45, 7) is 5.52. The molecule has 3 nitrogen and oxygen atoms in total. The van der Waals surface area contributed by atoms with Crippen LogP contribution in [0.3, 0.4) is 0 Å². The van der Waals surface area contributed by atoms with Crippen molar-refractivity contribution in [2.45, 2.75) is 13.3 Å². The van der Waals surface area contributed by atoms with Gasteiger partial charge in [0.1, 0.15) is 0 Å². The maximum atomic E-state index is 10.8. The molecule has 0 aliphatic heterocycles. The zero-order chi connectivity index (χ0) is 7.98. The third kappa shape index (κ3) is 3.83. The van der Waals surface area contributed by atoms with Crippen molar-refractivity contribution in [2.24, 2.45) is 0 Å². The molecule has 0 aliphatic rings. The summed E-state index contributed by atoms with van der Waals surface area (Å²) in [5, 5.41) is 2.39. The van der Waals surface area contributed by atoms with E-state index in [1.807, 2.05) is 0 Å². The highest BCUT2D eigenvalue weighted by Gasteiger charge is 1.99. The second kappa shape index (κ2) is 4.73. The van der Waals surface area contributed by atoms with Crippen molar-refractivity contribution < 1.29 is 9.59 Å². The molecule has 0 saturated heterocycles. The summed E-state index contributed by atoms with van der Waals surface area (Å²) < 4.78 is 0. The maximum Gasteiger partial charge on any atom is 0.207 e. The van der Waals surface area contributed by atoms with Gasteiger partial charge in [-0.15, -0.1) is 0 Å². The van der Waals surface area contributed by atoms with Crippen LogP contribution in [-0.4, -0.2) is 18.7 Å². The highest BCUT2D eigenvalue weighted by molar-refractivity contribution is 5.94. The molecule has 0 bridgehead atoms. The Morgan fingerprint density at radius 1 is 1.70 bits per heavy atom. The molecule has 56 valence electrons. The third-order valence-electron chi connectivity index (χ3n) is 1.06. The van der Waals surface area contributed by atoms with Gasteiger partial charge < -0.3 is 5.32 Å². The molecule has 0 unspecified atom stereocenters. The first kappa shape index (κ1) is 8.88. The Labute approximate surface area is 60.1 Å². The van der Waals surface area contributed by atoms with Crippen LogP contribution in [0, 0.1) is 0 Å². The van der Waals surface area contributed by atoms with Crippen LogP contribution >= 0.6 is 0 Å². The minimum absolute atomic E-state index is 0.00523. The van der Waals surface area contributed by atoms with Crippen molar-refractivity contribution >= 4 is 12.2 Å². The number of amides is 1. The van der Waals surface area contributed by atoms with Gasteiger partial charge in [-0.25, -0.2) is 0 Å². The minimum atomic E-state index is -0.00523. The van der Waals surface area contributed by atoms with E-state index in [1.54, 1.807) is 6.92 Å². The number of carbonyl (C=O) groups excluding carboxylic acids is 2. The molecule has 10 heavy (non-hydrogen) atoms. The Hall–Kier alpha value is -1.12. The molecule has 1 N–H and O–H groups in total. The van der Waals surface area contributed by atoms with Gasteiger partial charge in [0.25, 0.3) is 0 Å². The standard InChI is InChI=1S/C7H11NO2/c1-6(2)7(10)3-4-8-5-9/h5H,1,3-4H2,2H3,(H,8,9). The smallest absolute Gasteiger partial charge is 0.207 e. The van der Waals surface area contributed by atoms with Gasteiger partial charge in [-0.05, 0) is 12.5 Å².